The Labute approximate surface area is 561 Å². The molecule has 0 radical (unpaired) electrons. The van der Waals surface area contributed by atoms with Gasteiger partial charge in [0.05, 0.1) is 33.6 Å². The van der Waals surface area contributed by atoms with Crippen LogP contribution in [-0.4, -0.2) is 10.2 Å². The number of aromatic nitrogens is 2. The monoisotopic (exact) mass is 1240 g/mol. The van der Waals surface area contributed by atoms with Crippen LogP contribution in [0.2, 0.25) is 0 Å². The summed E-state index contributed by atoms with van der Waals surface area (Å²) in [6.45, 7) is 0. The summed E-state index contributed by atoms with van der Waals surface area (Å²) in [4.78, 5) is 2.49. The third kappa shape index (κ3) is 7.49. The lowest BCUT2D eigenvalue weighted by molar-refractivity contribution is 0.438. The second-order valence-corrected chi connectivity index (χ2v) is 26.2. The van der Waals surface area contributed by atoms with Gasteiger partial charge in [-0.2, -0.15) is 0 Å². The van der Waals surface area contributed by atoms with Crippen LogP contribution < -0.4 is 19.7 Å². The van der Waals surface area contributed by atoms with Gasteiger partial charge in [-0.1, -0.05) is 285 Å². The highest BCUT2D eigenvalue weighted by Crippen LogP contribution is 2.66. The predicted octanol–water partition coefficient (Wildman–Crippen LogP) is 22.7. The molecule has 1 unspecified atom stereocenters. The van der Waals surface area contributed by atoms with Crippen molar-refractivity contribution in [1.29, 1.82) is 0 Å². The molecule has 21 rings (SSSR count). The third-order valence-electron chi connectivity index (χ3n) is 21.5. The molecule has 97 heavy (non-hydrogen) atoms. The molecule has 15 aromatic rings. The number of hydrogen-bond acceptors (Lipinski definition) is 6. The maximum absolute atomic E-state index is 7.08. The quantitative estimate of drug-likeness (QED) is 0.179. The summed E-state index contributed by atoms with van der Waals surface area (Å²) in [7, 11) is 0. The number of fused-ring (bicyclic) bond motifs is 26. The first-order valence-electron chi connectivity index (χ1n) is 33.4. The Kier molecular flexibility index (Phi) is 11.3. The molecule has 1 atom stereocenters. The van der Waals surface area contributed by atoms with E-state index in [1.54, 1.807) is 0 Å². The zero-order valence-corrected chi connectivity index (χ0v) is 52.4. The fourth-order valence-electron chi connectivity index (χ4n) is 17.4. The van der Waals surface area contributed by atoms with Crippen molar-refractivity contribution in [2.24, 2.45) is 0 Å². The standard InChI is InChI=1S/C91H56N4O2/c1-2-20-59(21-3-1)86-70(54-81(93-94-86)58-46-44-57(45-47-58)63-27-19-35-79-88(63)97-85-39-17-13-33-77(85)91(79)74-30-10-6-24-67(74)68-25-7-11-31-75(68)91)61-49-50-64-69-51-48-60(53-83(69)95-82-37-15-14-36-80(82)92-89(95)71(64)52-61)55-40-42-56(43-41-55)62-26-18-34-78-87(62)96-84-38-16-12-32-76(84)90(78)72-28-8-4-22-65(72)66-23-5-9-29-73(66)90/h1-54,89,92H. The Hall–Kier alpha value is -12.6. The topological polar surface area (TPSA) is 59.5 Å². The van der Waals surface area contributed by atoms with Gasteiger partial charge >= 0.3 is 0 Å². The number of ether oxygens (including phenoxy) is 2. The molecule has 0 bridgehead atoms. The molecular weight excluding hydrogens is 1180 g/mol. The number of rotatable bonds is 6. The van der Waals surface area contributed by atoms with E-state index in [1.807, 2.05) is 0 Å². The molecule has 14 aromatic carbocycles. The summed E-state index contributed by atoms with van der Waals surface area (Å²) in [5.74, 6) is 3.52. The number of nitrogens with one attached hydrogen (secondary N) is 1. The van der Waals surface area contributed by atoms with Crippen LogP contribution in [0.1, 0.15) is 56.2 Å². The second-order valence-electron chi connectivity index (χ2n) is 26.2. The van der Waals surface area contributed by atoms with Gasteiger partial charge in [-0.3, -0.25) is 0 Å². The average Bonchev–Trinajstić information content (AvgIpc) is 1.59. The highest BCUT2D eigenvalue weighted by atomic mass is 16.5. The Bertz CT molecular complexity index is 5740. The Balaban J connectivity index is 0.638. The maximum Gasteiger partial charge on any atom is 0.140 e. The van der Waals surface area contributed by atoms with E-state index < -0.39 is 10.8 Å². The van der Waals surface area contributed by atoms with Crippen molar-refractivity contribution in [2.45, 2.75) is 17.0 Å². The normalized spacial score (nSPS) is 14.9. The second kappa shape index (κ2) is 20.4. The fourth-order valence-corrected chi connectivity index (χ4v) is 17.4. The van der Waals surface area contributed by atoms with E-state index in [4.69, 9.17) is 19.7 Å². The number of anilines is 3. The zero-order valence-electron chi connectivity index (χ0n) is 52.4. The fraction of sp³-hybridized carbons (Fsp3) is 0.0330. The maximum atomic E-state index is 7.08. The molecule has 2 aliphatic carbocycles. The summed E-state index contributed by atoms with van der Waals surface area (Å²) < 4.78 is 14.1. The largest absolute Gasteiger partial charge is 0.456 e. The molecule has 1 N–H and O–H groups in total. The van der Waals surface area contributed by atoms with E-state index in [0.29, 0.717) is 0 Å². The van der Waals surface area contributed by atoms with E-state index in [1.165, 1.54) is 66.8 Å². The molecule has 6 aliphatic rings. The van der Waals surface area contributed by atoms with Gasteiger partial charge in [-0.05, 0) is 120 Å². The van der Waals surface area contributed by atoms with Crippen molar-refractivity contribution < 1.29 is 9.47 Å². The van der Waals surface area contributed by atoms with E-state index in [-0.39, 0.29) is 6.17 Å². The molecule has 0 fully saturated rings. The number of para-hydroxylation sites is 6. The van der Waals surface area contributed by atoms with Crippen LogP contribution in [0.4, 0.5) is 17.1 Å². The van der Waals surface area contributed by atoms with Crippen molar-refractivity contribution >= 4 is 17.1 Å². The zero-order chi connectivity index (χ0) is 63.5. The average molecular weight is 1240 g/mol. The van der Waals surface area contributed by atoms with E-state index in [2.05, 4.69) is 338 Å². The van der Waals surface area contributed by atoms with E-state index in [0.717, 1.165) is 124 Å². The van der Waals surface area contributed by atoms with Crippen LogP contribution in [-0.2, 0) is 10.8 Å². The lowest BCUT2D eigenvalue weighted by Gasteiger charge is -2.40. The van der Waals surface area contributed by atoms with Gasteiger partial charge in [-0.15, -0.1) is 10.2 Å². The van der Waals surface area contributed by atoms with E-state index >= 15 is 0 Å². The molecule has 5 heterocycles. The van der Waals surface area contributed by atoms with Crippen LogP contribution in [0.15, 0.2) is 328 Å². The van der Waals surface area contributed by atoms with Gasteiger partial charge in [0.2, 0.25) is 0 Å². The van der Waals surface area contributed by atoms with Crippen LogP contribution in [0.5, 0.6) is 23.0 Å². The SMILES string of the molecule is c1ccc(-c2nnc(-c3ccc(-c4cccc5c4Oc4ccccc4C54c5ccccc5-c5ccccc54)cc3)cc2-c2ccc3c(c2)C2Nc4ccccc4N2c2cc(-c4ccc(-c5cccc6c5Oc5ccccc5C65c6ccccc6-c6ccccc65)cc4)ccc2-3)cc1. The number of hydrogen-bond donors (Lipinski definition) is 1. The molecule has 0 saturated carbocycles. The van der Waals surface area contributed by atoms with Crippen LogP contribution in [0.25, 0.3) is 100 Å². The minimum atomic E-state index is -0.547. The number of benzene rings is 14. The van der Waals surface area contributed by atoms with Crippen molar-refractivity contribution in [2.75, 3.05) is 10.2 Å². The summed E-state index contributed by atoms with van der Waals surface area (Å²) in [6.07, 6.45) is -0.176. The summed E-state index contributed by atoms with van der Waals surface area (Å²) in [6, 6.07) is 119. The van der Waals surface area contributed by atoms with Crippen molar-refractivity contribution in [1.82, 2.24) is 10.2 Å². The molecule has 6 nitrogen and oxygen atoms in total. The molecule has 6 heteroatoms. The van der Waals surface area contributed by atoms with Gasteiger partial charge in [0, 0.05) is 61.2 Å². The van der Waals surface area contributed by atoms with Gasteiger partial charge in [-0.25, -0.2) is 0 Å². The number of nitrogens with zero attached hydrogens (tertiary/aromatic N) is 3. The summed E-state index contributed by atoms with van der Waals surface area (Å²) >= 11 is 0. The van der Waals surface area contributed by atoms with Crippen molar-refractivity contribution in [3.8, 4) is 123 Å². The minimum Gasteiger partial charge on any atom is -0.456 e. The van der Waals surface area contributed by atoms with Crippen molar-refractivity contribution in [3.63, 3.8) is 0 Å². The predicted molar refractivity (Wildman–Crippen MR) is 390 cm³/mol. The molecule has 452 valence electrons. The van der Waals surface area contributed by atoms with Gasteiger partial charge in [0.25, 0.3) is 0 Å². The lowest BCUT2D eigenvalue weighted by atomic mass is 9.65. The van der Waals surface area contributed by atoms with E-state index in [9.17, 15) is 0 Å². The highest BCUT2D eigenvalue weighted by Gasteiger charge is 2.53. The van der Waals surface area contributed by atoms with Gasteiger partial charge < -0.3 is 19.7 Å². The molecule has 2 spiro atoms. The molecule has 4 aliphatic heterocycles. The van der Waals surface area contributed by atoms with Gasteiger partial charge in [0.15, 0.2) is 0 Å². The molecule has 1 aromatic heterocycles. The Morgan fingerprint density at radius 1 is 0.278 bits per heavy atom. The van der Waals surface area contributed by atoms with Crippen LogP contribution in [0, 0.1) is 0 Å². The Morgan fingerprint density at radius 3 is 1.30 bits per heavy atom. The summed E-state index contributed by atoms with van der Waals surface area (Å²) in [5, 5.41) is 14.1. The summed E-state index contributed by atoms with van der Waals surface area (Å²) in [5.41, 5.74) is 32.8. The first kappa shape index (κ1) is 53.8. The third-order valence-corrected chi connectivity index (χ3v) is 21.5. The van der Waals surface area contributed by atoms with Crippen molar-refractivity contribution in [3.05, 3.63) is 378 Å². The first-order valence-corrected chi connectivity index (χ1v) is 33.4. The molecule has 0 saturated heterocycles. The first-order chi connectivity index (χ1) is 48.1. The van der Waals surface area contributed by atoms with Crippen LogP contribution in [0.3, 0.4) is 0 Å². The van der Waals surface area contributed by atoms with Crippen LogP contribution >= 0.6 is 0 Å². The lowest BCUT2D eigenvalue weighted by Crippen LogP contribution is -2.32. The van der Waals surface area contributed by atoms with Gasteiger partial charge in [0.1, 0.15) is 34.9 Å². The molecule has 0 amide bonds. The Morgan fingerprint density at radius 2 is 0.722 bits per heavy atom. The molecular formula is C91H56N4O2. The smallest absolute Gasteiger partial charge is 0.140 e. The minimum absolute atomic E-state index is 0.176. The highest BCUT2D eigenvalue weighted by molar-refractivity contribution is 5.99.